The van der Waals surface area contributed by atoms with Crippen molar-refractivity contribution < 1.29 is 4.74 Å². The molecule has 148 valence electrons. The van der Waals surface area contributed by atoms with Gasteiger partial charge in [0, 0.05) is 39.4 Å². The molecule has 2 aliphatic rings. The Labute approximate surface area is 171 Å². The fourth-order valence-corrected chi connectivity index (χ4v) is 4.28. The number of aliphatic imine (C=N–C) groups is 1. The van der Waals surface area contributed by atoms with Crippen LogP contribution in [0.4, 0.5) is 0 Å². The Kier molecular flexibility index (Phi) is 11.3. The lowest BCUT2D eigenvalue weighted by molar-refractivity contribution is 0.141. The second kappa shape index (κ2) is 12.3. The van der Waals surface area contributed by atoms with Gasteiger partial charge in [-0.15, -0.1) is 24.0 Å². The van der Waals surface area contributed by atoms with E-state index in [2.05, 4.69) is 29.4 Å². The summed E-state index contributed by atoms with van der Waals surface area (Å²) in [4.78, 5) is 7.53. The molecule has 6 heteroatoms. The van der Waals surface area contributed by atoms with Crippen LogP contribution in [0, 0.1) is 5.41 Å². The van der Waals surface area contributed by atoms with Crippen LogP contribution in [0.1, 0.15) is 58.8 Å². The van der Waals surface area contributed by atoms with E-state index in [-0.39, 0.29) is 24.0 Å². The van der Waals surface area contributed by atoms with Crippen LogP contribution in [-0.4, -0.2) is 63.3 Å². The minimum atomic E-state index is 0. The number of rotatable bonds is 9. The molecule has 1 unspecified atom stereocenters. The van der Waals surface area contributed by atoms with Gasteiger partial charge in [-0.3, -0.25) is 9.89 Å². The molecule has 2 N–H and O–H groups in total. The summed E-state index contributed by atoms with van der Waals surface area (Å²) in [5.41, 5.74) is 0.362. The highest BCUT2D eigenvalue weighted by atomic mass is 127. The SMILES string of the molecule is CCNC(=NCC1(CCOC)CCCC1)NCC1CCCN1CC.I. The van der Waals surface area contributed by atoms with Gasteiger partial charge in [-0.1, -0.05) is 19.8 Å². The van der Waals surface area contributed by atoms with Gasteiger partial charge in [-0.25, -0.2) is 0 Å². The third-order valence-electron chi connectivity index (χ3n) is 5.83. The molecular weight excluding hydrogens is 427 g/mol. The second-order valence-electron chi connectivity index (χ2n) is 7.45. The molecule has 1 atom stereocenters. The van der Waals surface area contributed by atoms with Crippen molar-refractivity contribution >= 4 is 29.9 Å². The lowest BCUT2D eigenvalue weighted by Gasteiger charge is -2.28. The van der Waals surface area contributed by atoms with Crippen molar-refractivity contribution in [3.63, 3.8) is 0 Å². The van der Waals surface area contributed by atoms with E-state index in [0.717, 1.165) is 45.2 Å². The van der Waals surface area contributed by atoms with E-state index in [1.165, 1.54) is 45.1 Å². The van der Waals surface area contributed by atoms with Gasteiger partial charge in [0.2, 0.25) is 0 Å². The first-order valence-corrected chi connectivity index (χ1v) is 9.98. The van der Waals surface area contributed by atoms with Gasteiger partial charge in [0.15, 0.2) is 5.96 Å². The number of hydrogen-bond donors (Lipinski definition) is 2. The molecule has 2 fully saturated rings. The van der Waals surface area contributed by atoms with Crippen molar-refractivity contribution in [1.29, 1.82) is 0 Å². The summed E-state index contributed by atoms with van der Waals surface area (Å²) in [5.74, 6) is 0.990. The first-order chi connectivity index (χ1) is 11.7. The molecular formula is C19H39IN4O. The maximum absolute atomic E-state index is 5.34. The van der Waals surface area contributed by atoms with Gasteiger partial charge in [0.05, 0.1) is 0 Å². The summed E-state index contributed by atoms with van der Waals surface area (Å²) in [6.07, 6.45) is 9.05. The number of methoxy groups -OCH3 is 1. The van der Waals surface area contributed by atoms with Crippen molar-refractivity contribution in [3.05, 3.63) is 0 Å². The molecule has 1 saturated heterocycles. The van der Waals surface area contributed by atoms with E-state index < -0.39 is 0 Å². The van der Waals surface area contributed by atoms with Crippen molar-refractivity contribution in [2.75, 3.05) is 46.4 Å². The van der Waals surface area contributed by atoms with Gasteiger partial charge in [0.1, 0.15) is 0 Å². The third kappa shape index (κ3) is 7.21. The number of likely N-dealkylation sites (tertiary alicyclic amines) is 1. The van der Waals surface area contributed by atoms with E-state index >= 15 is 0 Å². The molecule has 0 aromatic carbocycles. The highest BCUT2D eigenvalue weighted by Crippen LogP contribution is 2.41. The molecule has 2 rings (SSSR count). The molecule has 0 radical (unpaired) electrons. The summed E-state index contributed by atoms with van der Waals surface area (Å²) in [6, 6.07) is 0.660. The Balaban J connectivity index is 0.00000312. The normalized spacial score (nSPS) is 23.5. The predicted molar refractivity (Wildman–Crippen MR) is 117 cm³/mol. The Hall–Kier alpha value is -0.0800. The molecule has 0 amide bonds. The molecule has 0 aromatic rings. The average Bonchev–Trinajstić information content (AvgIpc) is 3.25. The van der Waals surface area contributed by atoms with Crippen molar-refractivity contribution in [2.45, 2.75) is 64.8 Å². The first kappa shape index (κ1) is 23.0. The zero-order valence-corrected chi connectivity index (χ0v) is 18.8. The number of guanidine groups is 1. The van der Waals surface area contributed by atoms with Crippen molar-refractivity contribution in [1.82, 2.24) is 15.5 Å². The number of ether oxygens (including phenoxy) is 1. The fraction of sp³-hybridized carbons (Fsp3) is 0.947. The number of hydrogen-bond acceptors (Lipinski definition) is 3. The summed E-state index contributed by atoms with van der Waals surface area (Å²) in [5, 5.41) is 7.02. The van der Waals surface area contributed by atoms with Crippen LogP contribution in [0.15, 0.2) is 4.99 Å². The Morgan fingerprint density at radius 1 is 1.20 bits per heavy atom. The van der Waals surface area contributed by atoms with Gasteiger partial charge >= 0.3 is 0 Å². The largest absolute Gasteiger partial charge is 0.385 e. The van der Waals surface area contributed by atoms with E-state index in [4.69, 9.17) is 9.73 Å². The molecule has 25 heavy (non-hydrogen) atoms. The predicted octanol–water partition coefficient (Wildman–Crippen LogP) is 3.24. The van der Waals surface area contributed by atoms with E-state index in [0.29, 0.717) is 11.5 Å². The summed E-state index contributed by atoms with van der Waals surface area (Å²) in [7, 11) is 1.80. The van der Waals surface area contributed by atoms with Crippen molar-refractivity contribution in [3.8, 4) is 0 Å². The maximum Gasteiger partial charge on any atom is 0.191 e. The third-order valence-corrected chi connectivity index (χ3v) is 5.83. The lowest BCUT2D eigenvalue weighted by atomic mass is 9.83. The highest BCUT2D eigenvalue weighted by Gasteiger charge is 2.33. The lowest BCUT2D eigenvalue weighted by Crippen LogP contribution is -2.45. The van der Waals surface area contributed by atoms with E-state index in [9.17, 15) is 0 Å². The summed E-state index contributed by atoms with van der Waals surface area (Å²) in [6.45, 7) is 10.5. The minimum absolute atomic E-state index is 0. The van der Waals surface area contributed by atoms with Crippen LogP contribution in [0.2, 0.25) is 0 Å². The zero-order chi connectivity index (χ0) is 17.3. The zero-order valence-electron chi connectivity index (χ0n) is 16.5. The standard InChI is InChI=1S/C19H38N4O.HI/c1-4-20-18(21-15-17-9-8-13-23(17)5-2)22-16-19(12-14-24-3)10-6-7-11-19;/h17H,4-16H2,1-3H3,(H2,20,21,22);1H. The number of nitrogens with one attached hydrogen (secondary N) is 2. The Bertz CT molecular complexity index is 386. The second-order valence-corrected chi connectivity index (χ2v) is 7.45. The maximum atomic E-state index is 5.34. The van der Waals surface area contributed by atoms with E-state index in [1.54, 1.807) is 7.11 Å². The smallest absolute Gasteiger partial charge is 0.191 e. The van der Waals surface area contributed by atoms with Gasteiger partial charge < -0.3 is 15.4 Å². The van der Waals surface area contributed by atoms with Gasteiger partial charge in [0.25, 0.3) is 0 Å². The summed E-state index contributed by atoms with van der Waals surface area (Å²) >= 11 is 0. The monoisotopic (exact) mass is 466 g/mol. The van der Waals surface area contributed by atoms with Crippen LogP contribution < -0.4 is 10.6 Å². The topological polar surface area (TPSA) is 48.9 Å². The molecule has 0 spiro atoms. The molecule has 1 heterocycles. The Morgan fingerprint density at radius 2 is 1.96 bits per heavy atom. The highest BCUT2D eigenvalue weighted by molar-refractivity contribution is 14.0. The first-order valence-electron chi connectivity index (χ1n) is 9.98. The van der Waals surface area contributed by atoms with E-state index in [1.807, 2.05) is 0 Å². The van der Waals surface area contributed by atoms with Crippen LogP contribution >= 0.6 is 24.0 Å². The van der Waals surface area contributed by atoms with Crippen LogP contribution in [0.25, 0.3) is 0 Å². The molecule has 5 nitrogen and oxygen atoms in total. The molecule has 0 bridgehead atoms. The molecule has 1 aliphatic heterocycles. The van der Waals surface area contributed by atoms with Crippen molar-refractivity contribution in [2.24, 2.45) is 10.4 Å². The molecule has 1 saturated carbocycles. The summed E-state index contributed by atoms with van der Waals surface area (Å²) < 4.78 is 5.34. The van der Waals surface area contributed by atoms with Crippen LogP contribution in [0.3, 0.4) is 0 Å². The fourth-order valence-electron chi connectivity index (χ4n) is 4.28. The van der Waals surface area contributed by atoms with Crippen LogP contribution in [0.5, 0.6) is 0 Å². The average molecular weight is 466 g/mol. The van der Waals surface area contributed by atoms with Gasteiger partial charge in [-0.05, 0) is 57.5 Å². The molecule has 0 aromatic heterocycles. The number of nitrogens with zero attached hydrogens (tertiary/aromatic N) is 2. The quantitative estimate of drug-likeness (QED) is 0.311. The number of halogens is 1. The Morgan fingerprint density at radius 3 is 2.60 bits per heavy atom. The molecule has 1 aliphatic carbocycles. The minimum Gasteiger partial charge on any atom is -0.385 e. The van der Waals surface area contributed by atoms with Gasteiger partial charge in [-0.2, -0.15) is 0 Å². The number of likely N-dealkylation sites (N-methyl/N-ethyl adjacent to an activating group) is 1. The van der Waals surface area contributed by atoms with Crippen LogP contribution in [-0.2, 0) is 4.74 Å².